The van der Waals surface area contributed by atoms with Gasteiger partial charge in [-0.3, -0.25) is 14.7 Å². The Morgan fingerprint density at radius 1 is 1.10 bits per heavy atom. The van der Waals surface area contributed by atoms with Crippen molar-refractivity contribution >= 4 is 17.7 Å². The minimum atomic E-state index is -0.0837. The zero-order valence-corrected chi connectivity index (χ0v) is 18.5. The summed E-state index contributed by atoms with van der Waals surface area (Å²) in [5, 5.41) is 9.42. The number of hydrogen-bond donors (Lipinski definition) is 3. The standard InChI is InChI=1S/C23H34N6O/c1-5-29(6-2)20(19-10-8-7-9-11-19)17-27-23(24-4)25-15-14-22(30)28-21-13-12-18(3)16-26-21/h7-13,16,20H,5-6,14-15,17H2,1-4H3,(H2,24,25,27)(H,26,28,30). The molecule has 30 heavy (non-hydrogen) atoms. The molecule has 1 heterocycles. The van der Waals surface area contributed by atoms with Crippen molar-refractivity contribution in [3.63, 3.8) is 0 Å². The first-order valence-electron chi connectivity index (χ1n) is 10.5. The number of nitrogens with zero attached hydrogens (tertiary/aromatic N) is 3. The molecule has 7 nitrogen and oxygen atoms in total. The summed E-state index contributed by atoms with van der Waals surface area (Å²) < 4.78 is 0. The molecule has 0 fully saturated rings. The fourth-order valence-electron chi connectivity index (χ4n) is 3.25. The van der Waals surface area contributed by atoms with E-state index >= 15 is 0 Å². The van der Waals surface area contributed by atoms with Gasteiger partial charge in [0.2, 0.25) is 5.91 Å². The first-order chi connectivity index (χ1) is 14.6. The van der Waals surface area contributed by atoms with Gasteiger partial charge in [-0.1, -0.05) is 50.2 Å². The van der Waals surface area contributed by atoms with E-state index in [1.807, 2.05) is 19.1 Å². The minimum Gasteiger partial charge on any atom is -0.356 e. The molecule has 0 saturated carbocycles. The van der Waals surface area contributed by atoms with Gasteiger partial charge in [0.1, 0.15) is 5.82 Å². The van der Waals surface area contributed by atoms with Crippen molar-refractivity contribution in [2.24, 2.45) is 4.99 Å². The smallest absolute Gasteiger partial charge is 0.227 e. The third kappa shape index (κ3) is 7.48. The number of pyridine rings is 1. The zero-order chi connectivity index (χ0) is 21.8. The van der Waals surface area contributed by atoms with E-state index in [0.717, 1.165) is 25.2 Å². The summed E-state index contributed by atoms with van der Waals surface area (Å²) in [6.45, 7) is 9.46. The van der Waals surface area contributed by atoms with Gasteiger partial charge in [-0.2, -0.15) is 0 Å². The van der Waals surface area contributed by atoms with Crippen LogP contribution >= 0.6 is 0 Å². The Kier molecular flexibility index (Phi) is 9.80. The molecular weight excluding hydrogens is 376 g/mol. The number of rotatable bonds is 10. The average Bonchev–Trinajstić information content (AvgIpc) is 2.77. The molecule has 0 aliphatic rings. The molecule has 0 spiro atoms. The van der Waals surface area contributed by atoms with Crippen LogP contribution in [0.25, 0.3) is 0 Å². The number of amides is 1. The molecule has 1 amide bonds. The van der Waals surface area contributed by atoms with Crippen LogP contribution in [0.1, 0.15) is 37.4 Å². The Labute approximate surface area is 180 Å². The largest absolute Gasteiger partial charge is 0.356 e. The summed E-state index contributed by atoms with van der Waals surface area (Å²) >= 11 is 0. The first kappa shape index (κ1) is 23.3. The third-order valence-corrected chi connectivity index (χ3v) is 4.95. The fourth-order valence-corrected chi connectivity index (χ4v) is 3.25. The molecule has 0 saturated heterocycles. The number of nitrogens with one attached hydrogen (secondary N) is 3. The monoisotopic (exact) mass is 410 g/mol. The van der Waals surface area contributed by atoms with Crippen molar-refractivity contribution in [2.75, 3.05) is 38.5 Å². The summed E-state index contributed by atoms with van der Waals surface area (Å²) in [6.07, 6.45) is 2.06. The molecule has 7 heteroatoms. The van der Waals surface area contributed by atoms with Crippen LogP contribution in [0.3, 0.4) is 0 Å². The summed E-state index contributed by atoms with van der Waals surface area (Å²) in [5.74, 6) is 1.17. The van der Waals surface area contributed by atoms with Gasteiger partial charge in [0.05, 0.1) is 6.04 Å². The number of hydrogen-bond acceptors (Lipinski definition) is 4. The van der Waals surface area contributed by atoms with Crippen molar-refractivity contribution in [1.29, 1.82) is 0 Å². The number of anilines is 1. The summed E-state index contributed by atoms with van der Waals surface area (Å²) in [4.78, 5) is 23.0. The maximum absolute atomic E-state index is 12.1. The summed E-state index contributed by atoms with van der Waals surface area (Å²) in [6, 6.07) is 14.5. The van der Waals surface area contributed by atoms with E-state index in [9.17, 15) is 4.79 Å². The first-order valence-corrected chi connectivity index (χ1v) is 10.5. The highest BCUT2D eigenvalue weighted by Gasteiger charge is 2.18. The van der Waals surface area contributed by atoms with Crippen molar-refractivity contribution in [3.05, 3.63) is 59.8 Å². The molecule has 2 aromatic rings. The Bertz CT molecular complexity index is 787. The third-order valence-electron chi connectivity index (χ3n) is 4.95. The predicted octanol–water partition coefficient (Wildman–Crippen LogP) is 2.97. The summed E-state index contributed by atoms with van der Waals surface area (Å²) in [7, 11) is 1.74. The molecule has 1 aromatic heterocycles. The molecule has 0 aliphatic heterocycles. The number of guanidine groups is 1. The van der Waals surface area contributed by atoms with Crippen molar-refractivity contribution < 1.29 is 4.79 Å². The fraction of sp³-hybridized carbons (Fsp3) is 0.435. The second-order valence-electron chi connectivity index (χ2n) is 7.05. The lowest BCUT2D eigenvalue weighted by atomic mass is 10.1. The molecule has 3 N–H and O–H groups in total. The van der Waals surface area contributed by atoms with Gasteiger partial charge in [-0.15, -0.1) is 0 Å². The molecule has 0 radical (unpaired) electrons. The average molecular weight is 411 g/mol. The lowest BCUT2D eigenvalue weighted by Crippen LogP contribution is -2.43. The lowest BCUT2D eigenvalue weighted by Gasteiger charge is -2.30. The van der Waals surface area contributed by atoms with Crippen LogP contribution in [-0.2, 0) is 4.79 Å². The molecule has 0 bridgehead atoms. The number of benzene rings is 1. The van der Waals surface area contributed by atoms with Gasteiger partial charge in [0.15, 0.2) is 5.96 Å². The normalized spacial score (nSPS) is 12.5. The van der Waals surface area contributed by atoms with Gasteiger partial charge >= 0.3 is 0 Å². The number of carbonyl (C=O) groups is 1. The van der Waals surface area contributed by atoms with E-state index in [-0.39, 0.29) is 11.9 Å². The van der Waals surface area contributed by atoms with E-state index < -0.39 is 0 Å². The van der Waals surface area contributed by atoms with Crippen LogP contribution in [-0.4, -0.2) is 55.0 Å². The van der Waals surface area contributed by atoms with Crippen LogP contribution in [0.4, 0.5) is 5.82 Å². The van der Waals surface area contributed by atoms with Crippen LogP contribution in [0.2, 0.25) is 0 Å². The molecular formula is C23H34N6O. The second kappa shape index (κ2) is 12.6. The number of carbonyl (C=O) groups excluding carboxylic acids is 1. The topological polar surface area (TPSA) is 81.6 Å². The van der Waals surface area contributed by atoms with Crippen LogP contribution in [0.15, 0.2) is 53.7 Å². The van der Waals surface area contributed by atoms with E-state index in [1.54, 1.807) is 19.3 Å². The highest BCUT2D eigenvalue weighted by atomic mass is 16.1. The van der Waals surface area contributed by atoms with Gasteiger partial charge < -0.3 is 16.0 Å². The van der Waals surface area contributed by atoms with Gasteiger partial charge in [-0.25, -0.2) is 4.98 Å². The minimum absolute atomic E-state index is 0.0837. The van der Waals surface area contributed by atoms with E-state index in [0.29, 0.717) is 24.7 Å². The predicted molar refractivity (Wildman–Crippen MR) is 124 cm³/mol. The van der Waals surface area contributed by atoms with Crippen LogP contribution < -0.4 is 16.0 Å². The van der Waals surface area contributed by atoms with Gasteiger partial charge in [-0.05, 0) is 37.2 Å². The second-order valence-corrected chi connectivity index (χ2v) is 7.05. The Hall–Kier alpha value is -2.93. The molecule has 2 rings (SSSR count). The van der Waals surface area contributed by atoms with E-state index in [2.05, 4.69) is 68.9 Å². The number of aromatic nitrogens is 1. The van der Waals surface area contributed by atoms with Crippen molar-refractivity contribution in [1.82, 2.24) is 20.5 Å². The molecule has 1 aromatic carbocycles. The number of aliphatic imine (C=N–C) groups is 1. The van der Waals surface area contributed by atoms with Crippen molar-refractivity contribution in [2.45, 2.75) is 33.2 Å². The highest BCUT2D eigenvalue weighted by molar-refractivity contribution is 5.90. The van der Waals surface area contributed by atoms with Crippen LogP contribution in [0, 0.1) is 6.92 Å². The van der Waals surface area contributed by atoms with E-state index in [4.69, 9.17) is 0 Å². The number of likely N-dealkylation sites (N-methyl/N-ethyl adjacent to an activating group) is 1. The molecule has 1 unspecified atom stereocenters. The maximum Gasteiger partial charge on any atom is 0.227 e. The maximum atomic E-state index is 12.1. The molecule has 1 atom stereocenters. The van der Waals surface area contributed by atoms with Gasteiger partial charge in [0, 0.05) is 32.8 Å². The SMILES string of the molecule is CCN(CC)C(CNC(=NC)NCCC(=O)Nc1ccc(C)cn1)c1ccccc1. The van der Waals surface area contributed by atoms with Crippen molar-refractivity contribution in [3.8, 4) is 0 Å². The zero-order valence-electron chi connectivity index (χ0n) is 18.5. The summed E-state index contributed by atoms with van der Waals surface area (Å²) in [5.41, 5.74) is 2.33. The quantitative estimate of drug-likeness (QED) is 0.414. The van der Waals surface area contributed by atoms with E-state index in [1.165, 1.54) is 5.56 Å². The van der Waals surface area contributed by atoms with Gasteiger partial charge in [0.25, 0.3) is 0 Å². The van der Waals surface area contributed by atoms with Crippen LogP contribution in [0.5, 0.6) is 0 Å². The Morgan fingerprint density at radius 2 is 1.83 bits per heavy atom. The Morgan fingerprint density at radius 3 is 2.43 bits per heavy atom. The lowest BCUT2D eigenvalue weighted by molar-refractivity contribution is -0.116. The molecule has 162 valence electrons. The Balaban J connectivity index is 1.83. The number of aryl methyl sites for hydroxylation is 1. The molecule has 0 aliphatic carbocycles. The highest BCUT2D eigenvalue weighted by Crippen LogP contribution is 2.19.